The second-order valence-corrected chi connectivity index (χ2v) is 3.75. The van der Waals surface area contributed by atoms with Crippen molar-refractivity contribution in [2.45, 2.75) is 6.42 Å². The van der Waals surface area contributed by atoms with Gasteiger partial charge in [0.2, 0.25) is 0 Å². The monoisotopic (exact) mass is 231 g/mol. The summed E-state index contributed by atoms with van der Waals surface area (Å²) in [5.74, 6) is 1.04. The van der Waals surface area contributed by atoms with E-state index in [2.05, 4.69) is 10.3 Å². The van der Waals surface area contributed by atoms with Gasteiger partial charge in [-0.25, -0.2) is 9.37 Å². The number of nitrogen functional groups attached to an aromatic ring is 1. The molecule has 3 nitrogen and oxygen atoms in total. The molecule has 88 valence electrons. The van der Waals surface area contributed by atoms with Gasteiger partial charge >= 0.3 is 0 Å². The third kappa shape index (κ3) is 3.45. The summed E-state index contributed by atoms with van der Waals surface area (Å²) >= 11 is 0. The van der Waals surface area contributed by atoms with Crippen LogP contribution < -0.4 is 11.1 Å². The average Bonchev–Trinajstić information content (AvgIpc) is 2.32. The minimum absolute atomic E-state index is 0.209. The smallest absolute Gasteiger partial charge is 0.128 e. The molecule has 0 fully saturated rings. The maximum atomic E-state index is 12.7. The number of benzene rings is 1. The molecule has 0 aliphatic rings. The molecule has 4 heteroatoms. The normalized spacial score (nSPS) is 10.2. The van der Waals surface area contributed by atoms with Gasteiger partial charge in [0.25, 0.3) is 0 Å². The van der Waals surface area contributed by atoms with E-state index in [0.29, 0.717) is 5.82 Å². The molecule has 3 N–H and O–H groups in total. The van der Waals surface area contributed by atoms with Crippen molar-refractivity contribution < 1.29 is 4.39 Å². The van der Waals surface area contributed by atoms with Gasteiger partial charge in [-0.2, -0.15) is 0 Å². The Morgan fingerprint density at radius 3 is 2.59 bits per heavy atom. The number of aromatic nitrogens is 1. The topological polar surface area (TPSA) is 50.9 Å². The van der Waals surface area contributed by atoms with Crippen LogP contribution >= 0.6 is 0 Å². The molecule has 2 aromatic rings. The molecule has 0 aliphatic carbocycles. The first-order chi connectivity index (χ1) is 8.24. The predicted molar refractivity (Wildman–Crippen MR) is 67.2 cm³/mol. The maximum absolute atomic E-state index is 12.7. The Morgan fingerprint density at radius 2 is 1.88 bits per heavy atom. The van der Waals surface area contributed by atoms with Gasteiger partial charge in [-0.3, -0.25) is 0 Å². The van der Waals surface area contributed by atoms with E-state index in [4.69, 9.17) is 5.73 Å². The van der Waals surface area contributed by atoms with Gasteiger partial charge in [0.05, 0.1) is 0 Å². The van der Waals surface area contributed by atoms with Crippen molar-refractivity contribution >= 4 is 11.6 Å². The molecule has 0 bridgehead atoms. The first-order valence-corrected chi connectivity index (χ1v) is 5.45. The van der Waals surface area contributed by atoms with Crippen LogP contribution in [0.4, 0.5) is 16.0 Å². The molecule has 0 saturated heterocycles. The fraction of sp³-hybridized carbons (Fsp3) is 0.154. The zero-order valence-corrected chi connectivity index (χ0v) is 9.36. The van der Waals surface area contributed by atoms with Crippen LogP contribution in [0, 0.1) is 5.82 Å². The van der Waals surface area contributed by atoms with Crippen LogP contribution in [-0.4, -0.2) is 11.5 Å². The maximum Gasteiger partial charge on any atom is 0.128 e. The molecule has 0 atom stereocenters. The molecule has 0 unspecified atom stereocenters. The zero-order valence-electron chi connectivity index (χ0n) is 9.36. The molecule has 2 rings (SSSR count). The molecular weight excluding hydrogens is 217 g/mol. The third-order valence-corrected chi connectivity index (χ3v) is 2.40. The Hall–Kier alpha value is -2.10. The van der Waals surface area contributed by atoms with Crippen LogP contribution in [0.15, 0.2) is 42.5 Å². The van der Waals surface area contributed by atoms with Gasteiger partial charge < -0.3 is 11.1 Å². The molecule has 0 spiro atoms. The Balaban J connectivity index is 1.85. The van der Waals surface area contributed by atoms with Gasteiger partial charge in [0.1, 0.15) is 17.5 Å². The van der Waals surface area contributed by atoms with Crippen molar-refractivity contribution in [2.24, 2.45) is 0 Å². The first kappa shape index (κ1) is 11.4. The summed E-state index contributed by atoms with van der Waals surface area (Å²) in [5.41, 5.74) is 6.65. The summed E-state index contributed by atoms with van der Waals surface area (Å²) in [6, 6.07) is 11.9. The summed E-state index contributed by atoms with van der Waals surface area (Å²) in [6.45, 7) is 0.738. The lowest BCUT2D eigenvalue weighted by molar-refractivity contribution is 0.627. The van der Waals surface area contributed by atoms with Gasteiger partial charge in [-0.15, -0.1) is 0 Å². The van der Waals surface area contributed by atoms with E-state index in [1.54, 1.807) is 18.2 Å². The standard InChI is InChI=1S/C13H14FN3/c14-11-6-4-10(5-7-11)8-9-16-13-3-1-2-12(15)17-13/h1-7H,8-9H2,(H3,15,16,17). The number of anilines is 2. The van der Waals surface area contributed by atoms with Gasteiger partial charge in [-0.05, 0) is 36.2 Å². The van der Waals surface area contributed by atoms with Crippen LogP contribution in [0.1, 0.15) is 5.56 Å². The Bertz CT molecular complexity index is 482. The van der Waals surface area contributed by atoms with Crippen molar-refractivity contribution in [2.75, 3.05) is 17.6 Å². The summed E-state index contributed by atoms with van der Waals surface area (Å²) in [5, 5.41) is 3.16. The van der Waals surface area contributed by atoms with Crippen molar-refractivity contribution in [3.05, 3.63) is 53.8 Å². The number of halogens is 1. The van der Waals surface area contributed by atoms with Crippen LogP contribution in [0.2, 0.25) is 0 Å². The minimum atomic E-state index is -0.209. The van der Waals surface area contributed by atoms with Crippen LogP contribution in [0.25, 0.3) is 0 Å². The highest BCUT2D eigenvalue weighted by molar-refractivity contribution is 5.42. The second kappa shape index (κ2) is 5.30. The van der Waals surface area contributed by atoms with E-state index in [-0.39, 0.29) is 5.82 Å². The van der Waals surface area contributed by atoms with E-state index in [9.17, 15) is 4.39 Å². The number of nitrogens with one attached hydrogen (secondary N) is 1. The summed E-state index contributed by atoms with van der Waals surface area (Å²) in [4.78, 5) is 4.13. The van der Waals surface area contributed by atoms with E-state index in [1.165, 1.54) is 12.1 Å². The van der Waals surface area contributed by atoms with E-state index < -0.39 is 0 Å². The van der Waals surface area contributed by atoms with Gasteiger partial charge in [-0.1, -0.05) is 18.2 Å². The predicted octanol–water partition coefficient (Wildman–Crippen LogP) is 2.46. The van der Waals surface area contributed by atoms with Crippen molar-refractivity contribution in [1.29, 1.82) is 0 Å². The summed E-state index contributed by atoms with van der Waals surface area (Å²) < 4.78 is 12.7. The van der Waals surface area contributed by atoms with E-state index in [1.807, 2.05) is 12.1 Å². The van der Waals surface area contributed by atoms with Crippen LogP contribution in [0.3, 0.4) is 0 Å². The fourth-order valence-electron chi connectivity index (χ4n) is 1.54. The van der Waals surface area contributed by atoms with E-state index in [0.717, 1.165) is 24.3 Å². The molecule has 1 heterocycles. The minimum Gasteiger partial charge on any atom is -0.384 e. The Morgan fingerprint density at radius 1 is 1.12 bits per heavy atom. The van der Waals surface area contributed by atoms with Gasteiger partial charge in [0.15, 0.2) is 0 Å². The summed E-state index contributed by atoms with van der Waals surface area (Å²) in [6.07, 6.45) is 0.816. The largest absolute Gasteiger partial charge is 0.384 e. The first-order valence-electron chi connectivity index (χ1n) is 5.45. The molecule has 1 aromatic carbocycles. The van der Waals surface area contributed by atoms with Crippen molar-refractivity contribution in [3.63, 3.8) is 0 Å². The van der Waals surface area contributed by atoms with Crippen molar-refractivity contribution in [1.82, 2.24) is 4.98 Å². The lowest BCUT2D eigenvalue weighted by atomic mass is 10.1. The molecule has 0 radical (unpaired) electrons. The number of nitrogens with zero attached hydrogens (tertiary/aromatic N) is 1. The number of hydrogen-bond donors (Lipinski definition) is 2. The zero-order chi connectivity index (χ0) is 12.1. The number of hydrogen-bond acceptors (Lipinski definition) is 3. The Labute approximate surface area is 99.5 Å². The van der Waals surface area contributed by atoms with Crippen LogP contribution in [-0.2, 0) is 6.42 Å². The highest BCUT2D eigenvalue weighted by Gasteiger charge is 1.96. The average molecular weight is 231 g/mol. The molecule has 0 amide bonds. The lowest BCUT2D eigenvalue weighted by Crippen LogP contribution is -2.06. The molecule has 0 saturated carbocycles. The molecule has 0 aliphatic heterocycles. The Kier molecular flexibility index (Phi) is 3.55. The lowest BCUT2D eigenvalue weighted by Gasteiger charge is -2.06. The van der Waals surface area contributed by atoms with Crippen LogP contribution in [0.5, 0.6) is 0 Å². The quantitative estimate of drug-likeness (QED) is 0.849. The highest BCUT2D eigenvalue weighted by atomic mass is 19.1. The van der Waals surface area contributed by atoms with E-state index >= 15 is 0 Å². The molecular formula is C13H14FN3. The highest BCUT2D eigenvalue weighted by Crippen LogP contribution is 2.07. The molecule has 17 heavy (non-hydrogen) atoms. The second-order valence-electron chi connectivity index (χ2n) is 3.75. The molecule has 1 aromatic heterocycles. The van der Waals surface area contributed by atoms with Gasteiger partial charge in [0, 0.05) is 6.54 Å². The summed E-state index contributed by atoms with van der Waals surface area (Å²) in [7, 11) is 0. The number of nitrogens with two attached hydrogens (primary N) is 1. The third-order valence-electron chi connectivity index (χ3n) is 2.40. The number of rotatable bonds is 4. The van der Waals surface area contributed by atoms with Crippen molar-refractivity contribution in [3.8, 4) is 0 Å². The fourth-order valence-corrected chi connectivity index (χ4v) is 1.54. The SMILES string of the molecule is Nc1cccc(NCCc2ccc(F)cc2)n1. The number of pyridine rings is 1.